The first-order valence-electron chi connectivity index (χ1n) is 8.57. The molecule has 3 amide bonds. The lowest BCUT2D eigenvalue weighted by atomic mass is 10.1. The average Bonchev–Trinajstić information content (AvgIpc) is 3.27. The lowest BCUT2D eigenvalue weighted by Gasteiger charge is -2.35. The summed E-state index contributed by atoms with van der Waals surface area (Å²) in [6.45, 7) is 2.01. The van der Waals surface area contributed by atoms with E-state index in [-0.39, 0.29) is 17.7 Å². The van der Waals surface area contributed by atoms with Gasteiger partial charge in [-0.15, -0.1) is 0 Å². The molecule has 2 aliphatic rings. The average molecular weight is 340 g/mol. The quantitative estimate of drug-likeness (QED) is 0.845. The molecule has 1 atom stereocenters. The Balaban J connectivity index is 1.41. The molecule has 2 fully saturated rings. The molecule has 7 heteroatoms. The van der Waals surface area contributed by atoms with Crippen molar-refractivity contribution in [1.29, 1.82) is 0 Å². The highest BCUT2D eigenvalue weighted by Crippen LogP contribution is 2.20. The van der Waals surface area contributed by atoms with Crippen molar-refractivity contribution in [1.82, 2.24) is 20.1 Å². The summed E-state index contributed by atoms with van der Waals surface area (Å²) in [6, 6.07) is 7.32. The van der Waals surface area contributed by atoms with Crippen molar-refractivity contribution < 1.29 is 14.4 Å². The molecule has 1 aromatic carbocycles. The summed E-state index contributed by atoms with van der Waals surface area (Å²) in [5, 5.41) is 3.63. The second kappa shape index (κ2) is 6.23. The molecule has 0 bridgehead atoms. The van der Waals surface area contributed by atoms with E-state index in [1.54, 1.807) is 16.0 Å². The van der Waals surface area contributed by atoms with Gasteiger partial charge in [-0.3, -0.25) is 14.4 Å². The van der Waals surface area contributed by atoms with E-state index in [0.29, 0.717) is 44.6 Å². The Kier molecular flexibility index (Phi) is 3.91. The Morgan fingerprint density at radius 2 is 1.76 bits per heavy atom. The van der Waals surface area contributed by atoms with Gasteiger partial charge < -0.3 is 20.1 Å². The van der Waals surface area contributed by atoms with Crippen LogP contribution in [-0.2, 0) is 9.59 Å². The van der Waals surface area contributed by atoms with Crippen LogP contribution in [0.5, 0.6) is 0 Å². The van der Waals surface area contributed by atoms with E-state index in [0.717, 1.165) is 10.9 Å². The zero-order chi connectivity index (χ0) is 17.4. The van der Waals surface area contributed by atoms with Gasteiger partial charge in [-0.05, 0) is 12.5 Å². The molecule has 1 aromatic heterocycles. The molecule has 1 unspecified atom stereocenters. The number of nitrogens with one attached hydrogen (secondary N) is 2. The van der Waals surface area contributed by atoms with E-state index in [2.05, 4.69) is 10.3 Å². The highest BCUT2D eigenvalue weighted by atomic mass is 16.2. The topological polar surface area (TPSA) is 85.5 Å². The molecule has 0 saturated carbocycles. The Morgan fingerprint density at radius 3 is 2.48 bits per heavy atom. The molecular formula is C18H20N4O3. The van der Waals surface area contributed by atoms with Crippen LogP contribution in [0.2, 0.25) is 0 Å². The number of carbonyl (C=O) groups is 3. The van der Waals surface area contributed by atoms with Crippen molar-refractivity contribution in [2.24, 2.45) is 0 Å². The van der Waals surface area contributed by atoms with Gasteiger partial charge >= 0.3 is 0 Å². The van der Waals surface area contributed by atoms with E-state index in [1.165, 1.54) is 0 Å². The minimum atomic E-state index is -0.400. The summed E-state index contributed by atoms with van der Waals surface area (Å²) in [5.74, 6) is -0.115. The monoisotopic (exact) mass is 340 g/mol. The Morgan fingerprint density at radius 1 is 1.04 bits per heavy atom. The molecule has 25 heavy (non-hydrogen) atoms. The van der Waals surface area contributed by atoms with Crippen molar-refractivity contribution in [2.75, 3.05) is 26.2 Å². The molecule has 0 aliphatic carbocycles. The van der Waals surface area contributed by atoms with Crippen molar-refractivity contribution >= 4 is 28.6 Å². The number of benzene rings is 1. The number of hydrogen-bond donors (Lipinski definition) is 2. The maximum atomic E-state index is 12.8. The lowest BCUT2D eigenvalue weighted by molar-refractivity contribution is -0.135. The van der Waals surface area contributed by atoms with Gasteiger partial charge in [0.1, 0.15) is 6.04 Å². The van der Waals surface area contributed by atoms with Gasteiger partial charge in [-0.25, -0.2) is 0 Å². The fourth-order valence-electron chi connectivity index (χ4n) is 3.57. The summed E-state index contributed by atoms with van der Waals surface area (Å²) >= 11 is 0. The van der Waals surface area contributed by atoms with Crippen LogP contribution < -0.4 is 5.32 Å². The number of aromatic amines is 1. The number of rotatable bonds is 2. The maximum Gasteiger partial charge on any atom is 0.256 e. The van der Waals surface area contributed by atoms with Gasteiger partial charge in [-0.1, -0.05) is 18.2 Å². The Hall–Kier alpha value is -2.83. The third-order valence-electron chi connectivity index (χ3n) is 4.99. The molecular weight excluding hydrogens is 320 g/mol. The smallest absolute Gasteiger partial charge is 0.256 e. The molecule has 2 aromatic rings. The molecule has 2 saturated heterocycles. The maximum absolute atomic E-state index is 12.8. The van der Waals surface area contributed by atoms with E-state index in [4.69, 9.17) is 0 Å². The molecule has 2 N–H and O–H groups in total. The normalized spacial score (nSPS) is 20.8. The van der Waals surface area contributed by atoms with Crippen LogP contribution in [0.1, 0.15) is 23.2 Å². The predicted molar refractivity (Wildman–Crippen MR) is 91.9 cm³/mol. The van der Waals surface area contributed by atoms with E-state index >= 15 is 0 Å². The first kappa shape index (κ1) is 15.7. The summed E-state index contributed by atoms with van der Waals surface area (Å²) in [4.78, 5) is 43.2. The summed E-state index contributed by atoms with van der Waals surface area (Å²) in [5.41, 5.74) is 1.61. The third-order valence-corrected chi connectivity index (χ3v) is 4.99. The van der Waals surface area contributed by atoms with Gasteiger partial charge in [0.25, 0.3) is 5.91 Å². The molecule has 3 heterocycles. The number of hydrogen-bond acceptors (Lipinski definition) is 3. The van der Waals surface area contributed by atoms with E-state index in [9.17, 15) is 14.4 Å². The van der Waals surface area contributed by atoms with Gasteiger partial charge in [0, 0.05) is 49.7 Å². The highest BCUT2D eigenvalue weighted by Gasteiger charge is 2.33. The van der Waals surface area contributed by atoms with Gasteiger partial charge in [0.15, 0.2) is 0 Å². The number of piperazine rings is 1. The lowest BCUT2D eigenvalue weighted by Crippen LogP contribution is -2.54. The second-order valence-corrected chi connectivity index (χ2v) is 6.52. The van der Waals surface area contributed by atoms with Gasteiger partial charge in [-0.2, -0.15) is 0 Å². The van der Waals surface area contributed by atoms with Crippen molar-refractivity contribution in [3.8, 4) is 0 Å². The molecule has 0 radical (unpaired) electrons. The molecule has 130 valence electrons. The zero-order valence-electron chi connectivity index (χ0n) is 13.8. The van der Waals surface area contributed by atoms with E-state index < -0.39 is 6.04 Å². The van der Waals surface area contributed by atoms with Gasteiger partial charge in [0.2, 0.25) is 11.8 Å². The summed E-state index contributed by atoms with van der Waals surface area (Å²) < 4.78 is 0. The van der Waals surface area contributed by atoms with Crippen molar-refractivity contribution in [2.45, 2.75) is 18.9 Å². The number of amides is 3. The van der Waals surface area contributed by atoms with Crippen LogP contribution in [0.4, 0.5) is 0 Å². The minimum absolute atomic E-state index is 0.0151. The summed E-state index contributed by atoms with van der Waals surface area (Å²) in [7, 11) is 0. The second-order valence-electron chi connectivity index (χ2n) is 6.52. The standard InChI is InChI=1S/C18H20N4O3/c23-16-6-5-15(20-16)18(25)22-9-7-21(8-10-22)17(24)13-11-19-14-4-2-1-3-12(13)14/h1-4,11,15,19H,5-10H2,(H,20,23). The van der Waals surface area contributed by atoms with Crippen LogP contribution in [0.25, 0.3) is 10.9 Å². The van der Waals surface area contributed by atoms with Crippen LogP contribution in [0, 0.1) is 0 Å². The first-order chi connectivity index (χ1) is 12.1. The Labute approximate surface area is 145 Å². The highest BCUT2D eigenvalue weighted by molar-refractivity contribution is 6.06. The van der Waals surface area contributed by atoms with Crippen LogP contribution >= 0.6 is 0 Å². The van der Waals surface area contributed by atoms with Crippen molar-refractivity contribution in [3.63, 3.8) is 0 Å². The third kappa shape index (κ3) is 2.86. The number of nitrogens with zero attached hydrogens (tertiary/aromatic N) is 2. The number of carbonyl (C=O) groups excluding carboxylic acids is 3. The van der Waals surface area contributed by atoms with Crippen molar-refractivity contribution in [3.05, 3.63) is 36.0 Å². The SMILES string of the molecule is O=C1CCC(C(=O)N2CCN(C(=O)c3c[nH]c4ccccc34)CC2)N1. The predicted octanol–water partition coefficient (Wildman–Crippen LogP) is 0.731. The summed E-state index contributed by atoms with van der Waals surface area (Å²) in [6.07, 6.45) is 2.72. The van der Waals surface area contributed by atoms with E-state index in [1.807, 2.05) is 24.3 Å². The fraction of sp³-hybridized carbons (Fsp3) is 0.389. The van der Waals surface area contributed by atoms with Crippen LogP contribution in [-0.4, -0.2) is 64.7 Å². The fourth-order valence-corrected chi connectivity index (χ4v) is 3.57. The molecule has 7 nitrogen and oxygen atoms in total. The molecule has 2 aliphatic heterocycles. The van der Waals surface area contributed by atoms with Crippen LogP contribution in [0.3, 0.4) is 0 Å². The van der Waals surface area contributed by atoms with Crippen LogP contribution in [0.15, 0.2) is 30.5 Å². The number of H-pyrrole nitrogens is 1. The Bertz CT molecular complexity index is 836. The first-order valence-corrected chi connectivity index (χ1v) is 8.57. The molecule has 0 spiro atoms. The largest absolute Gasteiger partial charge is 0.360 e. The zero-order valence-corrected chi connectivity index (χ0v) is 13.8. The number of fused-ring (bicyclic) bond motifs is 1. The number of para-hydroxylation sites is 1. The number of aromatic nitrogens is 1. The minimum Gasteiger partial charge on any atom is -0.360 e. The molecule has 4 rings (SSSR count). The van der Waals surface area contributed by atoms with Gasteiger partial charge in [0.05, 0.1) is 5.56 Å².